The lowest BCUT2D eigenvalue weighted by Gasteiger charge is -2.11. The zero-order valence-electron chi connectivity index (χ0n) is 25.2. The van der Waals surface area contributed by atoms with E-state index in [2.05, 4.69) is 158 Å². The first-order valence-corrected chi connectivity index (χ1v) is 15.9. The van der Waals surface area contributed by atoms with Crippen molar-refractivity contribution in [1.82, 2.24) is 23.5 Å². The maximum Gasteiger partial charge on any atom is 0.146 e. The van der Waals surface area contributed by atoms with Crippen LogP contribution in [0.3, 0.4) is 0 Å². The first kappa shape index (κ1) is 24.8. The predicted octanol–water partition coefficient (Wildman–Crippen LogP) is 10.4. The van der Waals surface area contributed by atoms with Crippen LogP contribution in [-0.2, 0) is 0 Å². The third-order valence-electron chi connectivity index (χ3n) is 9.86. The Bertz CT molecular complexity index is 3060. The number of fused-ring (bicyclic) bond motifs is 14. The van der Waals surface area contributed by atoms with E-state index in [1.807, 2.05) is 12.4 Å². The average Bonchev–Trinajstić information content (AvgIpc) is 3.78. The van der Waals surface area contributed by atoms with E-state index in [9.17, 15) is 0 Å². The monoisotopic (exact) mass is 599 g/mol. The summed E-state index contributed by atoms with van der Waals surface area (Å²) in [5.41, 5.74) is 11.1. The Balaban J connectivity index is 1.38. The van der Waals surface area contributed by atoms with Gasteiger partial charge in [-0.1, -0.05) is 66.7 Å². The molecule has 0 unspecified atom stereocenters. The molecule has 47 heavy (non-hydrogen) atoms. The fourth-order valence-corrected chi connectivity index (χ4v) is 7.88. The highest BCUT2D eigenvalue weighted by Crippen LogP contribution is 2.42. The lowest BCUT2D eigenvalue weighted by atomic mass is 10.0. The molecule has 0 aliphatic heterocycles. The van der Waals surface area contributed by atoms with Crippen molar-refractivity contribution in [1.29, 1.82) is 0 Å². The van der Waals surface area contributed by atoms with Gasteiger partial charge in [0.1, 0.15) is 5.65 Å². The number of nitrogens with zero attached hydrogens (tertiary/aromatic N) is 5. The minimum absolute atomic E-state index is 0.950. The second-order valence-electron chi connectivity index (χ2n) is 12.3. The fourth-order valence-electron chi connectivity index (χ4n) is 7.88. The molecule has 0 atom stereocenters. The molecule has 0 bridgehead atoms. The van der Waals surface area contributed by atoms with E-state index in [0.29, 0.717) is 0 Å². The van der Waals surface area contributed by atoms with Crippen molar-refractivity contribution >= 4 is 82.0 Å². The largest absolute Gasteiger partial charge is 0.309 e. The van der Waals surface area contributed by atoms with Crippen LogP contribution in [0.1, 0.15) is 0 Å². The van der Waals surface area contributed by atoms with Crippen LogP contribution in [0.4, 0.5) is 0 Å². The topological polar surface area (TPSA) is 40.0 Å². The van der Waals surface area contributed by atoms with Crippen molar-refractivity contribution in [2.45, 2.75) is 0 Å². The number of benzene rings is 6. The number of hydrogen-bond donors (Lipinski definition) is 0. The molecule has 0 saturated heterocycles. The highest BCUT2D eigenvalue weighted by atomic mass is 15.0. The van der Waals surface area contributed by atoms with E-state index >= 15 is 0 Å². The Kier molecular flexibility index (Phi) is 4.78. The van der Waals surface area contributed by atoms with Crippen LogP contribution in [0.15, 0.2) is 152 Å². The van der Waals surface area contributed by atoms with Crippen molar-refractivity contribution in [2.24, 2.45) is 0 Å². The highest BCUT2D eigenvalue weighted by molar-refractivity contribution is 6.24. The summed E-state index contributed by atoms with van der Waals surface area (Å²) in [5.74, 6) is 0. The third-order valence-corrected chi connectivity index (χ3v) is 9.86. The van der Waals surface area contributed by atoms with Gasteiger partial charge in [0.25, 0.3) is 0 Å². The summed E-state index contributed by atoms with van der Waals surface area (Å²) in [7, 11) is 0. The Labute approximate surface area is 268 Å². The smallest absolute Gasteiger partial charge is 0.146 e. The first-order chi connectivity index (χ1) is 23.3. The molecule has 0 amide bonds. The van der Waals surface area contributed by atoms with Gasteiger partial charge in [0.2, 0.25) is 0 Å². The summed E-state index contributed by atoms with van der Waals surface area (Å²) >= 11 is 0. The second-order valence-corrected chi connectivity index (χ2v) is 12.3. The molecular weight excluding hydrogens is 574 g/mol. The van der Waals surface area contributed by atoms with Crippen LogP contribution in [0.2, 0.25) is 0 Å². The van der Waals surface area contributed by atoms with E-state index in [4.69, 9.17) is 4.98 Å². The fraction of sp³-hybridized carbons (Fsp3) is 0. The Morgan fingerprint density at radius 3 is 1.72 bits per heavy atom. The molecular formula is C42H25N5. The summed E-state index contributed by atoms with van der Waals surface area (Å²) in [4.78, 5) is 9.74. The van der Waals surface area contributed by atoms with Gasteiger partial charge in [-0.25, -0.2) is 4.98 Å². The number of hydrogen-bond acceptors (Lipinski definition) is 2. The number of para-hydroxylation sites is 5. The van der Waals surface area contributed by atoms with Gasteiger partial charge < -0.3 is 9.13 Å². The zero-order chi connectivity index (χ0) is 30.6. The van der Waals surface area contributed by atoms with Crippen molar-refractivity contribution in [3.05, 3.63) is 152 Å². The van der Waals surface area contributed by atoms with Crippen molar-refractivity contribution in [2.75, 3.05) is 0 Å². The maximum absolute atomic E-state index is 5.20. The van der Waals surface area contributed by atoms with E-state index in [1.165, 1.54) is 49.0 Å². The molecule has 5 nitrogen and oxygen atoms in total. The van der Waals surface area contributed by atoms with Gasteiger partial charge in [0, 0.05) is 49.9 Å². The molecule has 11 aromatic rings. The maximum atomic E-state index is 5.20. The average molecular weight is 600 g/mol. The molecule has 218 valence electrons. The van der Waals surface area contributed by atoms with Gasteiger partial charge in [-0.2, -0.15) is 0 Å². The standard InChI is InChI=1S/C42H25N5/c1-3-11-26(12-4-1)45-36-17-9-7-15-28(36)31-21-32-33-22-34-30(23-38(33)46(40(32)24-39(31)45)27-13-5-2-6-14-27)29-19-20-43-25-41(29)47-37-18-10-8-16-35(37)44-42(34)47/h1-25H. The van der Waals surface area contributed by atoms with Gasteiger partial charge in [0.05, 0.1) is 44.8 Å². The summed E-state index contributed by atoms with van der Waals surface area (Å²) < 4.78 is 7.09. The molecule has 0 aliphatic rings. The number of aromatic nitrogens is 5. The van der Waals surface area contributed by atoms with Crippen LogP contribution < -0.4 is 0 Å². The first-order valence-electron chi connectivity index (χ1n) is 15.9. The SMILES string of the molecule is c1ccc(-n2c3ccccc3c3cc4c5cc6c(cc5n(-c5ccccc5)c4cc32)c2ccncc2n2c3ccccc3nc62)cc1. The minimum Gasteiger partial charge on any atom is -0.309 e. The Morgan fingerprint density at radius 1 is 0.383 bits per heavy atom. The van der Waals surface area contributed by atoms with Gasteiger partial charge in [0.15, 0.2) is 0 Å². The van der Waals surface area contributed by atoms with E-state index in [0.717, 1.165) is 44.3 Å². The number of rotatable bonds is 2. The highest BCUT2D eigenvalue weighted by Gasteiger charge is 2.21. The van der Waals surface area contributed by atoms with E-state index in [-0.39, 0.29) is 0 Å². The van der Waals surface area contributed by atoms with Crippen molar-refractivity contribution in [3.8, 4) is 11.4 Å². The molecule has 0 aliphatic carbocycles. The molecule has 5 aromatic heterocycles. The number of imidazole rings is 1. The molecule has 11 rings (SSSR count). The lowest BCUT2D eigenvalue weighted by molar-refractivity contribution is 1.17. The van der Waals surface area contributed by atoms with Gasteiger partial charge >= 0.3 is 0 Å². The molecule has 5 heterocycles. The molecule has 5 heteroatoms. The normalized spacial score (nSPS) is 12.3. The van der Waals surface area contributed by atoms with Crippen LogP contribution in [0, 0.1) is 0 Å². The molecule has 0 fully saturated rings. The van der Waals surface area contributed by atoms with Gasteiger partial charge in [-0.3, -0.25) is 9.38 Å². The Morgan fingerprint density at radius 2 is 0.957 bits per heavy atom. The summed E-state index contributed by atoms with van der Waals surface area (Å²) in [5, 5.41) is 8.37. The van der Waals surface area contributed by atoms with Gasteiger partial charge in [-0.05, 0) is 78.2 Å². The van der Waals surface area contributed by atoms with Crippen LogP contribution >= 0.6 is 0 Å². The van der Waals surface area contributed by atoms with Gasteiger partial charge in [-0.15, -0.1) is 0 Å². The summed E-state index contributed by atoms with van der Waals surface area (Å²) in [6.07, 6.45) is 3.86. The Hall–Kier alpha value is -6.46. The summed E-state index contributed by atoms with van der Waals surface area (Å²) in [6.45, 7) is 0. The second kappa shape index (κ2) is 9.05. The molecule has 0 spiro atoms. The van der Waals surface area contributed by atoms with Crippen LogP contribution in [0.25, 0.3) is 93.3 Å². The molecule has 6 aromatic carbocycles. The predicted molar refractivity (Wildman–Crippen MR) is 194 cm³/mol. The molecule has 0 saturated carbocycles. The minimum atomic E-state index is 0.950. The zero-order valence-corrected chi connectivity index (χ0v) is 25.2. The van der Waals surface area contributed by atoms with E-state index < -0.39 is 0 Å². The number of pyridine rings is 2. The molecule has 0 N–H and O–H groups in total. The van der Waals surface area contributed by atoms with E-state index in [1.54, 1.807) is 0 Å². The third kappa shape index (κ3) is 3.27. The van der Waals surface area contributed by atoms with Crippen molar-refractivity contribution < 1.29 is 0 Å². The quantitative estimate of drug-likeness (QED) is 0.186. The van der Waals surface area contributed by atoms with Crippen LogP contribution in [-0.4, -0.2) is 23.5 Å². The van der Waals surface area contributed by atoms with Crippen LogP contribution in [0.5, 0.6) is 0 Å². The lowest BCUT2D eigenvalue weighted by Crippen LogP contribution is -1.96. The summed E-state index contributed by atoms with van der Waals surface area (Å²) in [6, 6.07) is 50.2. The van der Waals surface area contributed by atoms with Crippen molar-refractivity contribution in [3.63, 3.8) is 0 Å². The molecule has 0 radical (unpaired) electrons.